The number of H-pyrrole nitrogens is 1. The van der Waals surface area contributed by atoms with Crippen LogP contribution in [-0.2, 0) is 26.0 Å². The Morgan fingerprint density at radius 2 is 1.91 bits per heavy atom. The monoisotopic (exact) mass is 446 g/mol. The van der Waals surface area contributed by atoms with Crippen LogP contribution in [0.25, 0.3) is 10.9 Å². The number of rotatable bonds is 4. The van der Waals surface area contributed by atoms with Gasteiger partial charge in [-0.15, -0.1) is 0 Å². The lowest BCUT2D eigenvalue weighted by Gasteiger charge is -2.40. The zero-order valence-electron chi connectivity index (χ0n) is 18.3. The third-order valence-corrected chi connectivity index (χ3v) is 6.93. The Bertz CT molecular complexity index is 1360. The first-order chi connectivity index (χ1) is 16.1. The first-order valence-corrected chi connectivity index (χ1v) is 11.2. The third kappa shape index (κ3) is 3.45. The summed E-state index contributed by atoms with van der Waals surface area (Å²) in [5.41, 5.74) is 6.97. The quantitative estimate of drug-likeness (QED) is 0.438. The van der Waals surface area contributed by atoms with E-state index in [2.05, 4.69) is 46.3 Å². The average Bonchev–Trinajstić information content (AvgIpc) is 3.20. The number of halogens is 2. The average molecular weight is 446 g/mol. The highest BCUT2D eigenvalue weighted by Crippen LogP contribution is 2.44. The molecule has 0 saturated carbocycles. The summed E-state index contributed by atoms with van der Waals surface area (Å²) in [5.74, 6) is -0.457. The summed E-state index contributed by atoms with van der Waals surface area (Å²) in [5, 5.41) is 1.29. The van der Waals surface area contributed by atoms with Crippen LogP contribution in [0.15, 0.2) is 54.6 Å². The normalized spacial score (nSPS) is 17.4. The number of para-hydroxylation sites is 1. The van der Waals surface area contributed by atoms with E-state index in [1.807, 2.05) is 0 Å². The van der Waals surface area contributed by atoms with Crippen LogP contribution >= 0.6 is 0 Å². The molecular formula is C27H24F2N2O2. The highest BCUT2D eigenvalue weighted by molar-refractivity contribution is 5.85. The van der Waals surface area contributed by atoms with Crippen molar-refractivity contribution in [1.29, 1.82) is 0 Å². The largest absolute Gasteiger partial charge is 0.493 e. The van der Waals surface area contributed by atoms with Crippen LogP contribution in [0.3, 0.4) is 0 Å². The van der Waals surface area contributed by atoms with Crippen molar-refractivity contribution in [3.8, 4) is 11.5 Å². The molecule has 0 fully saturated rings. The number of ether oxygens (including phenoxy) is 2. The van der Waals surface area contributed by atoms with Gasteiger partial charge in [0, 0.05) is 35.7 Å². The summed E-state index contributed by atoms with van der Waals surface area (Å²) in [4.78, 5) is 6.13. The Labute approximate surface area is 190 Å². The summed E-state index contributed by atoms with van der Waals surface area (Å²) in [6.07, 6.45) is 1.88. The van der Waals surface area contributed by atoms with E-state index < -0.39 is 11.6 Å². The Morgan fingerprint density at radius 3 is 2.76 bits per heavy atom. The molecule has 1 atom stereocenters. The van der Waals surface area contributed by atoms with Crippen molar-refractivity contribution in [3.63, 3.8) is 0 Å². The van der Waals surface area contributed by atoms with Crippen molar-refractivity contribution in [2.75, 3.05) is 13.7 Å². The van der Waals surface area contributed by atoms with E-state index in [-0.39, 0.29) is 12.6 Å². The molecule has 3 aromatic carbocycles. The Kier molecular flexibility index (Phi) is 4.84. The van der Waals surface area contributed by atoms with Gasteiger partial charge in [0.15, 0.2) is 23.1 Å². The van der Waals surface area contributed by atoms with E-state index in [1.165, 1.54) is 45.4 Å². The first kappa shape index (κ1) is 20.2. The molecule has 2 aliphatic rings. The van der Waals surface area contributed by atoms with Gasteiger partial charge in [0.25, 0.3) is 0 Å². The van der Waals surface area contributed by atoms with Crippen LogP contribution in [0.2, 0.25) is 0 Å². The first-order valence-electron chi connectivity index (χ1n) is 11.2. The Hall–Kier alpha value is -3.38. The molecule has 1 N–H and O–H groups in total. The van der Waals surface area contributed by atoms with Gasteiger partial charge in [-0.3, -0.25) is 4.90 Å². The fraction of sp³-hybridized carbons (Fsp3) is 0.259. The van der Waals surface area contributed by atoms with Crippen molar-refractivity contribution >= 4 is 10.9 Å². The molecule has 6 heteroatoms. The van der Waals surface area contributed by atoms with Crippen LogP contribution < -0.4 is 9.47 Å². The predicted molar refractivity (Wildman–Crippen MR) is 123 cm³/mol. The molecule has 0 aliphatic carbocycles. The van der Waals surface area contributed by atoms with Crippen molar-refractivity contribution < 1.29 is 18.3 Å². The maximum absolute atomic E-state index is 13.6. The highest BCUT2D eigenvalue weighted by atomic mass is 19.2. The standard InChI is InChI=1S/C27H24F2N2O2/c1-32-26-11-17-8-9-31-14-24-20(18-4-2-3-5-23(18)30-24)12-25(31)19(17)13-27(26)33-15-16-6-7-21(28)22(29)10-16/h2-7,10-11,13,25,30H,8-9,12,14-15H2,1H3. The molecule has 0 bridgehead atoms. The van der Waals surface area contributed by atoms with Gasteiger partial charge in [-0.2, -0.15) is 0 Å². The van der Waals surface area contributed by atoms with Crippen LogP contribution in [-0.4, -0.2) is 23.5 Å². The second-order valence-electron chi connectivity index (χ2n) is 8.81. The second kappa shape index (κ2) is 7.89. The van der Waals surface area contributed by atoms with Crippen molar-refractivity contribution in [3.05, 3.63) is 94.2 Å². The third-order valence-electron chi connectivity index (χ3n) is 6.93. The fourth-order valence-corrected chi connectivity index (χ4v) is 5.27. The van der Waals surface area contributed by atoms with Crippen LogP contribution in [0.4, 0.5) is 8.78 Å². The maximum Gasteiger partial charge on any atom is 0.162 e. The molecule has 3 heterocycles. The summed E-state index contributed by atoms with van der Waals surface area (Å²) in [6, 6.07) is 16.7. The number of methoxy groups -OCH3 is 1. The Morgan fingerprint density at radius 1 is 1.03 bits per heavy atom. The van der Waals surface area contributed by atoms with Crippen LogP contribution in [0.5, 0.6) is 11.5 Å². The molecule has 168 valence electrons. The minimum atomic E-state index is -0.874. The van der Waals surface area contributed by atoms with E-state index in [4.69, 9.17) is 9.47 Å². The van der Waals surface area contributed by atoms with Gasteiger partial charge in [0.05, 0.1) is 7.11 Å². The van der Waals surface area contributed by atoms with Crippen molar-refractivity contribution in [1.82, 2.24) is 9.88 Å². The molecule has 1 aromatic heterocycles. The topological polar surface area (TPSA) is 37.5 Å². The summed E-state index contributed by atoms with van der Waals surface area (Å²) in [6.45, 7) is 2.02. The zero-order valence-corrected chi connectivity index (χ0v) is 18.3. The smallest absolute Gasteiger partial charge is 0.162 e. The highest BCUT2D eigenvalue weighted by Gasteiger charge is 2.34. The van der Waals surface area contributed by atoms with E-state index in [1.54, 1.807) is 7.11 Å². The van der Waals surface area contributed by atoms with Gasteiger partial charge in [-0.1, -0.05) is 24.3 Å². The van der Waals surface area contributed by atoms with Gasteiger partial charge in [0.1, 0.15) is 6.61 Å². The maximum atomic E-state index is 13.6. The lowest BCUT2D eigenvalue weighted by Crippen LogP contribution is -2.39. The molecule has 1 unspecified atom stereocenters. The van der Waals surface area contributed by atoms with Gasteiger partial charge in [-0.05, 0) is 65.4 Å². The van der Waals surface area contributed by atoms with Crippen molar-refractivity contribution in [2.45, 2.75) is 32.0 Å². The molecule has 0 radical (unpaired) electrons. The number of aromatic amines is 1. The zero-order chi connectivity index (χ0) is 22.5. The summed E-state index contributed by atoms with van der Waals surface area (Å²) >= 11 is 0. The molecule has 0 amide bonds. The van der Waals surface area contributed by atoms with Gasteiger partial charge in [-0.25, -0.2) is 8.78 Å². The van der Waals surface area contributed by atoms with E-state index >= 15 is 0 Å². The Balaban J connectivity index is 1.34. The lowest BCUT2D eigenvalue weighted by atomic mass is 9.85. The van der Waals surface area contributed by atoms with E-state index in [9.17, 15) is 8.78 Å². The minimum Gasteiger partial charge on any atom is -0.493 e. The predicted octanol–water partition coefficient (Wildman–Crippen LogP) is 5.69. The van der Waals surface area contributed by atoms with Gasteiger partial charge in [0.2, 0.25) is 0 Å². The number of nitrogens with zero attached hydrogens (tertiary/aromatic N) is 1. The van der Waals surface area contributed by atoms with Gasteiger partial charge >= 0.3 is 0 Å². The molecule has 2 aliphatic heterocycles. The fourth-order valence-electron chi connectivity index (χ4n) is 5.27. The number of hydrogen-bond acceptors (Lipinski definition) is 3. The number of nitrogens with one attached hydrogen (secondary N) is 1. The lowest BCUT2D eigenvalue weighted by molar-refractivity contribution is 0.158. The number of benzene rings is 3. The molecule has 0 spiro atoms. The second-order valence-corrected chi connectivity index (χ2v) is 8.81. The summed E-state index contributed by atoms with van der Waals surface area (Å²) in [7, 11) is 1.63. The van der Waals surface area contributed by atoms with Gasteiger partial charge < -0.3 is 14.5 Å². The number of fused-ring (bicyclic) bond motifs is 6. The van der Waals surface area contributed by atoms with E-state index in [0.717, 1.165) is 32.0 Å². The number of aromatic nitrogens is 1. The summed E-state index contributed by atoms with van der Waals surface area (Å²) < 4.78 is 38.5. The molecular weight excluding hydrogens is 422 g/mol. The molecule has 4 aromatic rings. The molecule has 4 nitrogen and oxygen atoms in total. The number of hydrogen-bond donors (Lipinski definition) is 1. The molecule has 33 heavy (non-hydrogen) atoms. The minimum absolute atomic E-state index is 0.132. The molecule has 0 saturated heterocycles. The van der Waals surface area contributed by atoms with Crippen LogP contribution in [0, 0.1) is 11.6 Å². The van der Waals surface area contributed by atoms with Crippen LogP contribution in [0.1, 0.15) is 34.0 Å². The van der Waals surface area contributed by atoms with Crippen molar-refractivity contribution in [2.24, 2.45) is 0 Å². The molecule has 6 rings (SSSR count). The SMILES string of the molecule is COc1cc2c(cc1OCc1ccc(F)c(F)c1)C1Cc3c([nH]c4ccccc34)CN1CC2. The van der Waals surface area contributed by atoms with E-state index in [0.29, 0.717) is 17.1 Å².